The lowest BCUT2D eigenvalue weighted by Crippen LogP contribution is -2.51. The average molecular weight is 564 g/mol. The maximum Gasteiger partial charge on any atom is 0.253 e. The van der Waals surface area contributed by atoms with Crippen molar-refractivity contribution in [3.63, 3.8) is 0 Å². The highest BCUT2D eigenvalue weighted by Crippen LogP contribution is 2.30. The summed E-state index contributed by atoms with van der Waals surface area (Å²) in [5, 5.41) is 23.5. The number of nitrogens with one attached hydrogen (secondary N) is 3. The summed E-state index contributed by atoms with van der Waals surface area (Å²) < 4.78 is 24.1. The summed E-state index contributed by atoms with van der Waals surface area (Å²) in [4.78, 5) is 61.5. The minimum Gasteiger partial charge on any atom is -0.388 e. The zero-order valence-electron chi connectivity index (χ0n) is 21.9. The first kappa shape index (κ1) is 32.1. The van der Waals surface area contributed by atoms with E-state index in [0.717, 1.165) is 0 Å². The predicted octanol–water partition coefficient (Wildman–Crippen LogP) is -1.73. The van der Waals surface area contributed by atoms with E-state index in [1.165, 1.54) is 13.8 Å². The number of amides is 3. The number of unbranched alkanes of at least 4 members (excludes halogenated alkanes) is 2. The minimum atomic E-state index is -1.34. The number of hydrogen-bond donors (Lipinski definition) is 6. The second-order valence-electron chi connectivity index (χ2n) is 9.88. The number of Topliss-reactive ketones (excluding diaryl/α,β-unsaturated/α-hetero) is 2. The van der Waals surface area contributed by atoms with Crippen molar-refractivity contribution in [1.82, 2.24) is 15.4 Å². The van der Waals surface area contributed by atoms with Gasteiger partial charge in [0, 0.05) is 6.54 Å². The first-order valence-electron chi connectivity index (χ1n) is 12.3. The van der Waals surface area contributed by atoms with Gasteiger partial charge in [0.2, 0.25) is 0 Å². The van der Waals surface area contributed by atoms with E-state index >= 15 is 0 Å². The molecule has 38 heavy (non-hydrogen) atoms. The van der Waals surface area contributed by atoms with Gasteiger partial charge in [-0.1, -0.05) is 25.7 Å². The van der Waals surface area contributed by atoms with Crippen LogP contribution in [-0.2, 0) is 42.9 Å². The molecule has 216 valence electrons. The molecule has 0 spiro atoms. The van der Waals surface area contributed by atoms with E-state index in [0.29, 0.717) is 19.3 Å². The summed E-state index contributed by atoms with van der Waals surface area (Å²) in [5.41, 5.74) is 0. The quantitative estimate of drug-likeness (QED) is 0.104. The van der Waals surface area contributed by atoms with Crippen LogP contribution in [0.15, 0.2) is 0 Å². The third-order valence-electron chi connectivity index (χ3n) is 5.87. The average Bonchev–Trinajstić information content (AvgIpc) is 3.38. The van der Waals surface area contributed by atoms with Gasteiger partial charge < -0.3 is 44.5 Å². The van der Waals surface area contributed by atoms with Crippen molar-refractivity contribution in [3.8, 4) is 0 Å². The van der Waals surface area contributed by atoms with Crippen LogP contribution < -0.4 is 15.4 Å². The molecule has 3 amide bonds. The van der Waals surface area contributed by atoms with Crippen LogP contribution in [0.3, 0.4) is 0 Å². The predicted molar refractivity (Wildman–Crippen MR) is 132 cm³/mol. The molecule has 2 fully saturated rings. The third-order valence-corrected chi connectivity index (χ3v) is 6.09. The Morgan fingerprint density at radius 3 is 1.71 bits per heavy atom. The largest absolute Gasteiger partial charge is 0.388 e. The number of carbonyl (C=O) groups excluding carboxylic acids is 5. The number of aliphatic hydroxyl groups is 2. The van der Waals surface area contributed by atoms with Crippen LogP contribution in [0.5, 0.6) is 0 Å². The normalized spacial score (nSPS) is 26.4. The van der Waals surface area contributed by atoms with E-state index in [-0.39, 0.29) is 13.0 Å². The molecule has 0 aliphatic carbocycles. The Morgan fingerprint density at radius 2 is 1.24 bits per heavy atom. The Kier molecular flexibility index (Phi) is 11.6. The molecule has 2 aliphatic heterocycles. The van der Waals surface area contributed by atoms with Gasteiger partial charge in [-0.05, 0) is 40.5 Å². The fraction of sp³-hybridized carbons (Fsp3) is 0.783. The lowest BCUT2D eigenvalue weighted by molar-refractivity contribution is -0.160. The van der Waals surface area contributed by atoms with Crippen LogP contribution in [0.1, 0.15) is 53.4 Å². The zero-order valence-corrected chi connectivity index (χ0v) is 22.7. The molecule has 0 aromatic rings. The molecule has 0 aromatic carbocycles. The maximum absolute atomic E-state index is 12.8. The number of thiol groups is 1. The van der Waals surface area contributed by atoms with Gasteiger partial charge in [0.05, 0.1) is 0 Å². The standard InChI is InChI=1S/C23H37N3O11S/c1-22(2)34-15(13(29)10-27)17(36-22)20(32)24-9-7-5-6-8-12(19(31)26-38)25-21(33)18-16(14(30)11-28)35-23(3,4)37-18/h12,15-18,27-28,38H,5-11H2,1-4H3,(H,24,32)(H,25,33)(H,26,31). The Morgan fingerprint density at radius 1 is 0.763 bits per heavy atom. The van der Waals surface area contributed by atoms with Gasteiger partial charge in [-0.25, -0.2) is 0 Å². The fourth-order valence-corrected chi connectivity index (χ4v) is 4.28. The van der Waals surface area contributed by atoms with Crippen LogP contribution in [0.2, 0.25) is 0 Å². The number of aliphatic hydroxyl groups excluding tert-OH is 2. The minimum absolute atomic E-state index is 0.225. The second kappa shape index (κ2) is 13.8. The van der Waals surface area contributed by atoms with Gasteiger partial charge in [-0.15, -0.1) is 0 Å². The molecular formula is C23H37N3O11S. The third kappa shape index (κ3) is 8.69. The highest BCUT2D eigenvalue weighted by Gasteiger charge is 2.49. The van der Waals surface area contributed by atoms with Gasteiger partial charge in [0.15, 0.2) is 47.6 Å². The van der Waals surface area contributed by atoms with Gasteiger partial charge in [-0.3, -0.25) is 24.0 Å². The molecule has 2 aliphatic rings. The number of rotatable bonds is 14. The van der Waals surface area contributed by atoms with Crippen molar-refractivity contribution in [2.75, 3.05) is 19.8 Å². The summed E-state index contributed by atoms with van der Waals surface area (Å²) in [5.74, 6) is -5.63. The summed E-state index contributed by atoms with van der Waals surface area (Å²) in [6.45, 7) is 4.81. The van der Waals surface area contributed by atoms with E-state index in [2.05, 4.69) is 28.2 Å². The smallest absolute Gasteiger partial charge is 0.253 e. The number of hydrogen-bond acceptors (Lipinski definition) is 12. The molecule has 14 nitrogen and oxygen atoms in total. The molecule has 0 aromatic heterocycles. The molecule has 5 N–H and O–H groups in total. The van der Waals surface area contributed by atoms with E-state index in [1.54, 1.807) is 13.8 Å². The lowest BCUT2D eigenvalue weighted by Gasteiger charge is -2.21. The van der Waals surface area contributed by atoms with Gasteiger partial charge >= 0.3 is 0 Å². The molecule has 2 rings (SSSR count). The first-order chi connectivity index (χ1) is 17.7. The van der Waals surface area contributed by atoms with Crippen LogP contribution in [0.25, 0.3) is 0 Å². The lowest BCUT2D eigenvalue weighted by atomic mass is 10.1. The summed E-state index contributed by atoms with van der Waals surface area (Å²) in [6.07, 6.45) is -3.25. The van der Waals surface area contributed by atoms with Gasteiger partial charge in [0.1, 0.15) is 19.3 Å². The van der Waals surface area contributed by atoms with Crippen molar-refractivity contribution in [1.29, 1.82) is 0 Å². The van der Waals surface area contributed by atoms with Crippen molar-refractivity contribution in [2.45, 2.75) is 95.4 Å². The van der Waals surface area contributed by atoms with E-state index < -0.39 is 84.5 Å². The molecule has 2 saturated heterocycles. The Bertz CT molecular complexity index is 898. The molecule has 2 heterocycles. The van der Waals surface area contributed by atoms with Crippen LogP contribution in [-0.4, -0.2) is 101 Å². The SMILES string of the molecule is CC1(C)OC(C(=O)CO)C(C(=O)NCCCCCC(NC(=O)C2OC(C)(C)OC2C(=O)CO)C(=O)NS)O1. The van der Waals surface area contributed by atoms with Crippen molar-refractivity contribution >= 4 is 42.1 Å². The molecule has 0 radical (unpaired) electrons. The van der Waals surface area contributed by atoms with E-state index in [4.69, 9.17) is 24.1 Å². The highest BCUT2D eigenvalue weighted by molar-refractivity contribution is 7.78. The summed E-state index contributed by atoms with van der Waals surface area (Å²) in [7, 11) is 0. The summed E-state index contributed by atoms with van der Waals surface area (Å²) >= 11 is 3.76. The molecule has 0 saturated carbocycles. The topological polar surface area (TPSA) is 199 Å². The van der Waals surface area contributed by atoms with E-state index in [1.807, 2.05) is 0 Å². The van der Waals surface area contributed by atoms with Gasteiger partial charge in [-0.2, -0.15) is 0 Å². The Balaban J connectivity index is 1.83. The second-order valence-corrected chi connectivity index (χ2v) is 10.1. The van der Waals surface area contributed by atoms with Crippen molar-refractivity contribution in [2.24, 2.45) is 0 Å². The zero-order chi connectivity index (χ0) is 28.7. The number of ketones is 2. The first-order valence-corrected chi connectivity index (χ1v) is 12.7. The highest BCUT2D eigenvalue weighted by atomic mass is 32.1. The molecule has 5 unspecified atom stereocenters. The Hall–Kier alpha value is -2.14. The van der Waals surface area contributed by atoms with Crippen molar-refractivity contribution in [3.05, 3.63) is 0 Å². The Labute approximate surface area is 226 Å². The maximum atomic E-state index is 12.8. The van der Waals surface area contributed by atoms with Crippen LogP contribution >= 0.6 is 12.8 Å². The van der Waals surface area contributed by atoms with Crippen molar-refractivity contribution < 1.29 is 53.1 Å². The van der Waals surface area contributed by atoms with Gasteiger partial charge in [0.25, 0.3) is 17.7 Å². The number of ether oxygens (including phenoxy) is 4. The van der Waals surface area contributed by atoms with Crippen LogP contribution in [0.4, 0.5) is 0 Å². The summed E-state index contributed by atoms with van der Waals surface area (Å²) in [6, 6.07) is -0.983. The van der Waals surface area contributed by atoms with Crippen LogP contribution in [0, 0.1) is 0 Å². The molecule has 15 heteroatoms. The fourth-order valence-electron chi connectivity index (χ4n) is 4.12. The monoisotopic (exact) mass is 563 g/mol. The molecule has 5 atom stereocenters. The number of carbonyl (C=O) groups is 5. The van der Waals surface area contributed by atoms with E-state index in [9.17, 15) is 29.1 Å². The molecule has 0 bridgehead atoms. The molecular weight excluding hydrogens is 526 g/mol.